The van der Waals surface area contributed by atoms with Crippen molar-refractivity contribution in [3.8, 4) is 17.2 Å². The summed E-state index contributed by atoms with van der Waals surface area (Å²) >= 11 is 0. The summed E-state index contributed by atoms with van der Waals surface area (Å²) in [4.78, 5) is 13.3. The number of benzene rings is 3. The number of carbonyl (C=O) groups is 1. The molecule has 0 radical (unpaired) electrons. The van der Waals surface area contributed by atoms with E-state index in [9.17, 15) is 4.79 Å². The van der Waals surface area contributed by atoms with Crippen LogP contribution in [0.4, 0.5) is 11.4 Å². The van der Waals surface area contributed by atoms with Crippen LogP contribution in [0.15, 0.2) is 72.8 Å². The monoisotopic (exact) mass is 418 g/mol. The quantitative estimate of drug-likeness (QED) is 0.563. The molecule has 0 aromatic heterocycles. The highest BCUT2D eigenvalue weighted by Crippen LogP contribution is 2.34. The Hall–Kier alpha value is -3.67. The number of carbonyl (C=O) groups excluding carboxylic acids is 1. The van der Waals surface area contributed by atoms with Crippen LogP contribution in [0.25, 0.3) is 0 Å². The first-order valence-corrected chi connectivity index (χ1v) is 10.5. The van der Waals surface area contributed by atoms with E-state index in [1.807, 2.05) is 79.7 Å². The topological polar surface area (TPSA) is 68.8 Å². The molecule has 0 aliphatic carbocycles. The molecule has 2 N–H and O–H groups in total. The van der Waals surface area contributed by atoms with Crippen molar-refractivity contribution in [2.45, 2.75) is 19.4 Å². The lowest BCUT2D eigenvalue weighted by atomic mass is 10.1. The van der Waals surface area contributed by atoms with Crippen molar-refractivity contribution in [2.24, 2.45) is 0 Å². The van der Waals surface area contributed by atoms with Crippen LogP contribution in [0.5, 0.6) is 17.2 Å². The summed E-state index contributed by atoms with van der Waals surface area (Å²) in [5.74, 6) is 1.84. The SMILES string of the molecule is CCOc1ccccc1NC(=O)[C@H](Nc1ccc2c(c1)OCCCO2)c1ccccc1. The Labute approximate surface area is 182 Å². The molecule has 1 atom stereocenters. The largest absolute Gasteiger partial charge is 0.492 e. The fourth-order valence-electron chi connectivity index (χ4n) is 3.42. The number of amides is 1. The molecule has 0 fully saturated rings. The Bertz CT molecular complexity index is 1020. The van der Waals surface area contributed by atoms with Gasteiger partial charge in [-0.25, -0.2) is 0 Å². The third kappa shape index (κ3) is 5.09. The Morgan fingerprint density at radius 1 is 0.968 bits per heavy atom. The Morgan fingerprint density at radius 2 is 1.71 bits per heavy atom. The highest BCUT2D eigenvalue weighted by Gasteiger charge is 2.22. The maximum absolute atomic E-state index is 13.3. The summed E-state index contributed by atoms with van der Waals surface area (Å²) in [6.45, 7) is 3.67. The first-order valence-electron chi connectivity index (χ1n) is 10.5. The van der Waals surface area contributed by atoms with E-state index < -0.39 is 6.04 Å². The Balaban J connectivity index is 1.60. The molecule has 0 saturated carbocycles. The van der Waals surface area contributed by atoms with Gasteiger partial charge in [0.15, 0.2) is 11.5 Å². The lowest BCUT2D eigenvalue weighted by molar-refractivity contribution is -0.117. The van der Waals surface area contributed by atoms with Crippen LogP contribution in [0.3, 0.4) is 0 Å². The van der Waals surface area contributed by atoms with Crippen molar-refractivity contribution < 1.29 is 19.0 Å². The van der Waals surface area contributed by atoms with Gasteiger partial charge in [-0.3, -0.25) is 4.79 Å². The van der Waals surface area contributed by atoms with Crippen LogP contribution in [-0.4, -0.2) is 25.7 Å². The van der Waals surface area contributed by atoms with Gasteiger partial charge in [-0.05, 0) is 36.8 Å². The maximum atomic E-state index is 13.3. The van der Waals surface area contributed by atoms with E-state index >= 15 is 0 Å². The van der Waals surface area contributed by atoms with Gasteiger partial charge in [0, 0.05) is 18.2 Å². The number of ether oxygens (including phenoxy) is 3. The van der Waals surface area contributed by atoms with Crippen LogP contribution in [0.2, 0.25) is 0 Å². The number of anilines is 2. The molecule has 1 aliphatic heterocycles. The fraction of sp³-hybridized carbons (Fsp3) is 0.240. The second-order valence-electron chi connectivity index (χ2n) is 7.12. The molecule has 0 unspecified atom stereocenters. The smallest absolute Gasteiger partial charge is 0.251 e. The van der Waals surface area contributed by atoms with Gasteiger partial charge in [0.2, 0.25) is 0 Å². The third-order valence-corrected chi connectivity index (χ3v) is 4.90. The molecule has 0 saturated heterocycles. The number of nitrogens with one attached hydrogen (secondary N) is 2. The van der Waals surface area contributed by atoms with Crippen molar-refractivity contribution >= 4 is 17.3 Å². The zero-order valence-electron chi connectivity index (χ0n) is 17.5. The summed E-state index contributed by atoms with van der Waals surface area (Å²) in [6.07, 6.45) is 0.839. The average molecular weight is 418 g/mol. The minimum Gasteiger partial charge on any atom is -0.492 e. The van der Waals surface area contributed by atoms with Gasteiger partial charge in [-0.1, -0.05) is 42.5 Å². The van der Waals surface area contributed by atoms with Gasteiger partial charge in [0.05, 0.1) is 25.5 Å². The van der Waals surface area contributed by atoms with E-state index in [1.165, 1.54) is 0 Å². The summed E-state index contributed by atoms with van der Waals surface area (Å²) in [5, 5.41) is 6.35. The fourth-order valence-corrected chi connectivity index (χ4v) is 3.42. The van der Waals surface area contributed by atoms with Crippen molar-refractivity contribution in [1.29, 1.82) is 0 Å². The van der Waals surface area contributed by atoms with E-state index in [4.69, 9.17) is 14.2 Å². The van der Waals surface area contributed by atoms with Gasteiger partial charge in [-0.15, -0.1) is 0 Å². The molecule has 160 valence electrons. The van der Waals surface area contributed by atoms with Crippen molar-refractivity contribution in [2.75, 3.05) is 30.5 Å². The average Bonchev–Trinajstić information content (AvgIpc) is 3.04. The van der Waals surface area contributed by atoms with E-state index in [2.05, 4.69) is 10.6 Å². The molecule has 3 aromatic rings. The molecule has 1 amide bonds. The van der Waals surface area contributed by atoms with Gasteiger partial charge in [0.25, 0.3) is 5.91 Å². The summed E-state index contributed by atoms with van der Waals surface area (Å²) in [5.41, 5.74) is 2.25. The van der Waals surface area contributed by atoms with E-state index in [0.29, 0.717) is 37.0 Å². The predicted octanol–water partition coefficient (Wildman–Crippen LogP) is 5.04. The van der Waals surface area contributed by atoms with E-state index in [0.717, 1.165) is 23.4 Å². The summed E-state index contributed by atoms with van der Waals surface area (Å²) in [7, 11) is 0. The second-order valence-corrected chi connectivity index (χ2v) is 7.12. The van der Waals surface area contributed by atoms with Gasteiger partial charge < -0.3 is 24.8 Å². The molecule has 0 spiro atoms. The number of hydrogen-bond donors (Lipinski definition) is 2. The molecule has 4 rings (SSSR count). The number of para-hydroxylation sites is 2. The zero-order valence-corrected chi connectivity index (χ0v) is 17.5. The first-order chi connectivity index (χ1) is 15.2. The van der Waals surface area contributed by atoms with Crippen molar-refractivity contribution in [3.05, 3.63) is 78.4 Å². The molecule has 31 heavy (non-hydrogen) atoms. The second kappa shape index (κ2) is 9.89. The van der Waals surface area contributed by atoms with Crippen LogP contribution in [0, 0.1) is 0 Å². The molecule has 1 heterocycles. The molecule has 3 aromatic carbocycles. The van der Waals surface area contributed by atoms with Crippen LogP contribution in [0.1, 0.15) is 24.9 Å². The lowest BCUT2D eigenvalue weighted by Gasteiger charge is -2.21. The molecule has 6 heteroatoms. The van der Waals surface area contributed by atoms with Gasteiger partial charge in [-0.2, -0.15) is 0 Å². The number of fused-ring (bicyclic) bond motifs is 1. The normalized spacial score (nSPS) is 13.6. The number of rotatable bonds is 7. The first kappa shape index (κ1) is 20.6. The summed E-state index contributed by atoms with van der Waals surface area (Å²) in [6, 6.07) is 22.1. The predicted molar refractivity (Wildman–Crippen MR) is 121 cm³/mol. The van der Waals surface area contributed by atoms with Crippen molar-refractivity contribution in [3.63, 3.8) is 0 Å². The van der Waals surface area contributed by atoms with Crippen molar-refractivity contribution in [1.82, 2.24) is 0 Å². The maximum Gasteiger partial charge on any atom is 0.251 e. The highest BCUT2D eigenvalue weighted by molar-refractivity contribution is 5.98. The number of hydrogen-bond acceptors (Lipinski definition) is 5. The zero-order chi connectivity index (χ0) is 21.5. The summed E-state index contributed by atoms with van der Waals surface area (Å²) < 4.78 is 17.2. The molecule has 0 bridgehead atoms. The van der Waals surface area contributed by atoms with E-state index in [-0.39, 0.29) is 5.91 Å². The van der Waals surface area contributed by atoms with Crippen LogP contribution < -0.4 is 24.8 Å². The molecule has 1 aliphatic rings. The molecular formula is C25H26N2O4. The molecule has 6 nitrogen and oxygen atoms in total. The highest BCUT2D eigenvalue weighted by atomic mass is 16.5. The van der Waals surface area contributed by atoms with Crippen LogP contribution in [-0.2, 0) is 4.79 Å². The van der Waals surface area contributed by atoms with Gasteiger partial charge in [0.1, 0.15) is 11.8 Å². The standard InChI is InChI=1S/C25H26N2O4/c1-2-29-21-12-7-6-11-20(21)27-25(28)24(18-9-4-3-5-10-18)26-19-13-14-22-23(17-19)31-16-8-15-30-22/h3-7,9-14,17,24,26H,2,8,15-16H2,1H3,(H,27,28)/t24-/m1/s1. The minimum absolute atomic E-state index is 0.189. The minimum atomic E-state index is -0.611. The Kier molecular flexibility index (Phi) is 6.57. The molecular weight excluding hydrogens is 392 g/mol. The van der Waals surface area contributed by atoms with Crippen LogP contribution >= 0.6 is 0 Å². The lowest BCUT2D eigenvalue weighted by Crippen LogP contribution is -2.27. The Morgan fingerprint density at radius 3 is 2.52 bits per heavy atom. The van der Waals surface area contributed by atoms with E-state index in [1.54, 1.807) is 0 Å². The third-order valence-electron chi connectivity index (χ3n) is 4.90. The van der Waals surface area contributed by atoms with Gasteiger partial charge >= 0.3 is 0 Å².